The van der Waals surface area contributed by atoms with Crippen molar-refractivity contribution in [2.45, 2.75) is 114 Å². The van der Waals surface area contributed by atoms with Crippen LogP contribution in [0.3, 0.4) is 0 Å². The summed E-state index contributed by atoms with van der Waals surface area (Å²) in [7, 11) is 0. The molecule has 3 unspecified atom stereocenters. The molecule has 0 bridgehead atoms. The van der Waals surface area contributed by atoms with Crippen molar-refractivity contribution in [1.29, 1.82) is 0 Å². The van der Waals surface area contributed by atoms with E-state index >= 15 is 8.78 Å². The maximum atomic E-state index is 16.8. The number of aliphatic hydroxyl groups is 1. The first-order valence-corrected chi connectivity index (χ1v) is 17.8. The molecule has 4 aliphatic rings. The number of fused-ring (bicyclic) bond motifs is 1. The highest BCUT2D eigenvalue weighted by Crippen LogP contribution is 2.55. The van der Waals surface area contributed by atoms with Crippen molar-refractivity contribution in [3.63, 3.8) is 0 Å². The zero-order valence-corrected chi connectivity index (χ0v) is 29.1. The van der Waals surface area contributed by atoms with Crippen molar-refractivity contribution in [2.75, 3.05) is 19.8 Å². The molecule has 2 heterocycles. The number of ether oxygens (including phenoxy) is 4. The Morgan fingerprint density at radius 3 is 2.61 bits per heavy atom. The molecule has 2 aromatic rings. The van der Waals surface area contributed by atoms with Crippen LogP contribution < -0.4 is 15.8 Å². The van der Waals surface area contributed by atoms with Crippen molar-refractivity contribution >= 4 is 23.1 Å². The number of primary amides is 1. The number of carbonyl (C=O) groups excluding carboxylic acids is 1. The normalized spacial score (nSPS) is 32.1. The minimum absolute atomic E-state index is 0.0508. The second-order valence-corrected chi connectivity index (χ2v) is 14.6. The zero-order chi connectivity index (χ0) is 34.9. The Bertz CT molecular complexity index is 1570. The topological polar surface area (TPSA) is 112 Å². The van der Waals surface area contributed by atoms with Gasteiger partial charge in [0, 0.05) is 53.5 Å². The minimum Gasteiger partial charge on any atom is -0.480 e. The van der Waals surface area contributed by atoms with Gasteiger partial charge < -0.3 is 35.1 Å². The van der Waals surface area contributed by atoms with Crippen LogP contribution in [-0.2, 0) is 24.6 Å². The molecule has 0 spiro atoms. The molecule has 2 aliphatic carbocycles. The van der Waals surface area contributed by atoms with Crippen LogP contribution in [0.2, 0.25) is 5.02 Å². The van der Waals surface area contributed by atoms with E-state index in [2.05, 4.69) is 5.32 Å². The summed E-state index contributed by atoms with van der Waals surface area (Å²) in [5.41, 5.74) is 5.23. The fourth-order valence-electron chi connectivity index (χ4n) is 7.65. The molecule has 6 atom stereocenters. The summed E-state index contributed by atoms with van der Waals surface area (Å²) in [6.07, 6.45) is 4.81. The van der Waals surface area contributed by atoms with E-state index in [9.17, 15) is 9.90 Å². The highest BCUT2D eigenvalue weighted by Gasteiger charge is 2.51. The maximum Gasteiger partial charge on any atom is 0.249 e. The fourth-order valence-corrected chi connectivity index (χ4v) is 7.91. The van der Waals surface area contributed by atoms with Gasteiger partial charge in [0.05, 0.1) is 23.3 Å². The number of rotatable bonds is 11. The molecule has 49 heavy (non-hydrogen) atoms. The van der Waals surface area contributed by atoms with Gasteiger partial charge in [-0.25, -0.2) is 8.78 Å². The van der Waals surface area contributed by atoms with Gasteiger partial charge in [0.2, 0.25) is 5.91 Å². The van der Waals surface area contributed by atoms with E-state index in [0.717, 1.165) is 37.7 Å². The summed E-state index contributed by atoms with van der Waals surface area (Å²) in [6.45, 7) is 6.67. The van der Waals surface area contributed by atoms with Crippen LogP contribution in [-0.4, -0.2) is 67.1 Å². The Morgan fingerprint density at radius 1 is 1.20 bits per heavy atom. The Kier molecular flexibility index (Phi) is 10.8. The number of halogens is 3. The summed E-state index contributed by atoms with van der Waals surface area (Å²) in [6, 6.07) is 11.0. The number of benzene rings is 2. The lowest BCUT2D eigenvalue weighted by Gasteiger charge is -2.38. The number of nitrogens with two attached hydrogens (primary N) is 1. The van der Waals surface area contributed by atoms with Crippen LogP contribution in [0.4, 0.5) is 8.78 Å². The first-order valence-electron chi connectivity index (χ1n) is 17.4. The van der Waals surface area contributed by atoms with Crippen molar-refractivity contribution in [3.05, 3.63) is 81.7 Å². The van der Waals surface area contributed by atoms with E-state index in [4.69, 9.17) is 36.3 Å². The number of carbonyl (C=O) groups is 1. The zero-order valence-electron chi connectivity index (χ0n) is 28.4. The summed E-state index contributed by atoms with van der Waals surface area (Å²) in [4.78, 5) is 12.8. The van der Waals surface area contributed by atoms with Crippen LogP contribution in [0.1, 0.15) is 88.3 Å². The highest BCUT2D eigenvalue weighted by molar-refractivity contribution is 6.33. The molecule has 11 heteroatoms. The molecule has 2 aliphatic heterocycles. The van der Waals surface area contributed by atoms with Crippen LogP contribution in [0, 0.1) is 5.82 Å². The molecule has 6 rings (SSSR count). The molecule has 1 saturated carbocycles. The van der Waals surface area contributed by atoms with Gasteiger partial charge in [-0.1, -0.05) is 61.0 Å². The predicted molar refractivity (Wildman–Crippen MR) is 183 cm³/mol. The van der Waals surface area contributed by atoms with Crippen LogP contribution in [0.15, 0.2) is 54.1 Å². The van der Waals surface area contributed by atoms with Crippen molar-refractivity contribution in [3.8, 4) is 5.75 Å². The number of hydrogen-bond donors (Lipinski definition) is 3. The SMILES string of the molecule is C[C@@H](COC1C=CC(C(N)=O)=C(c2c(Cl)c(F)cc3c2[C@H](C)[C@@](CNC2CCC(C)(O)CC2)(c2ccccc2)O3)C1F)OC1CCCCO1. The summed E-state index contributed by atoms with van der Waals surface area (Å²) in [5, 5.41) is 13.8. The average molecular weight is 701 g/mol. The van der Waals surface area contributed by atoms with Gasteiger partial charge in [0.15, 0.2) is 18.1 Å². The second-order valence-electron chi connectivity index (χ2n) is 14.2. The molecular weight excluding hydrogens is 654 g/mol. The minimum atomic E-state index is -1.90. The van der Waals surface area contributed by atoms with Crippen molar-refractivity contribution < 1.29 is 37.6 Å². The Labute approximate surface area is 292 Å². The standard InChI is InChI=1S/C38H47ClF2N2O6/c1-22(48-30-11-7-8-18-46-30)20-47-28-13-12-26(36(42)44)32(35(28)41)33-31-23(2)38(24-9-5-4-6-10-24,49-29(31)19-27(40)34(33)39)21-43-25-14-16-37(3,45)17-15-25/h4-6,9-10,12-13,19,22-23,25,28,30,35,43,45H,7-8,11,14-18,20-21H2,1-3H3,(H2,42,44)/t22-,23-,25?,28?,30?,35?,37?,38-/m0/s1. The molecule has 0 aromatic heterocycles. The van der Waals surface area contributed by atoms with Gasteiger partial charge in [0.1, 0.15) is 17.7 Å². The molecule has 4 N–H and O–H groups in total. The summed E-state index contributed by atoms with van der Waals surface area (Å²) < 4.78 is 57.0. The third-order valence-electron chi connectivity index (χ3n) is 10.5. The first kappa shape index (κ1) is 35.9. The smallest absolute Gasteiger partial charge is 0.249 e. The Hall–Kier alpha value is -2.86. The lowest BCUT2D eigenvalue weighted by atomic mass is 9.75. The second kappa shape index (κ2) is 14.8. The quantitative estimate of drug-likeness (QED) is 0.242. The first-order chi connectivity index (χ1) is 23.4. The third-order valence-corrected chi connectivity index (χ3v) is 10.9. The fraction of sp³-hybridized carbons (Fsp3) is 0.553. The molecule has 8 nitrogen and oxygen atoms in total. The van der Waals surface area contributed by atoms with Gasteiger partial charge in [0.25, 0.3) is 0 Å². The number of alkyl halides is 1. The van der Waals surface area contributed by atoms with E-state index in [-0.39, 0.29) is 46.4 Å². The van der Waals surface area contributed by atoms with Crippen LogP contribution in [0.5, 0.6) is 5.75 Å². The summed E-state index contributed by atoms with van der Waals surface area (Å²) in [5.74, 6) is -1.94. The highest BCUT2D eigenvalue weighted by atomic mass is 35.5. The van der Waals surface area contributed by atoms with Gasteiger partial charge in [-0.15, -0.1) is 0 Å². The van der Waals surface area contributed by atoms with E-state index in [1.165, 1.54) is 18.2 Å². The van der Waals surface area contributed by atoms with E-state index < -0.39 is 47.2 Å². The average Bonchev–Trinajstić information content (AvgIpc) is 3.36. The lowest BCUT2D eigenvalue weighted by molar-refractivity contribution is -0.196. The molecule has 266 valence electrons. The number of amides is 1. The molecular formula is C38H47ClF2N2O6. The maximum absolute atomic E-state index is 16.8. The largest absolute Gasteiger partial charge is 0.480 e. The van der Waals surface area contributed by atoms with E-state index in [1.54, 1.807) is 0 Å². The number of hydrogen-bond acceptors (Lipinski definition) is 7. The monoisotopic (exact) mass is 700 g/mol. The van der Waals surface area contributed by atoms with Gasteiger partial charge in [-0.3, -0.25) is 4.79 Å². The van der Waals surface area contributed by atoms with Gasteiger partial charge in [-0.05, 0) is 64.4 Å². The van der Waals surface area contributed by atoms with Crippen LogP contribution >= 0.6 is 11.6 Å². The van der Waals surface area contributed by atoms with Gasteiger partial charge in [-0.2, -0.15) is 0 Å². The lowest BCUT2D eigenvalue weighted by Crippen LogP contribution is -2.49. The van der Waals surface area contributed by atoms with Gasteiger partial charge >= 0.3 is 0 Å². The summed E-state index contributed by atoms with van der Waals surface area (Å²) >= 11 is 6.74. The molecule has 0 radical (unpaired) electrons. The van der Waals surface area contributed by atoms with Crippen molar-refractivity contribution in [2.24, 2.45) is 5.73 Å². The third kappa shape index (κ3) is 7.46. The predicted octanol–water partition coefficient (Wildman–Crippen LogP) is 6.62. The Balaban J connectivity index is 1.33. The molecule has 2 aromatic carbocycles. The molecule has 1 saturated heterocycles. The van der Waals surface area contributed by atoms with E-state index in [0.29, 0.717) is 31.6 Å². The Morgan fingerprint density at radius 2 is 1.94 bits per heavy atom. The number of nitrogens with one attached hydrogen (secondary N) is 1. The molecule has 1 amide bonds. The van der Waals surface area contributed by atoms with Crippen molar-refractivity contribution in [1.82, 2.24) is 5.32 Å². The van der Waals surface area contributed by atoms with Crippen LogP contribution in [0.25, 0.3) is 5.57 Å². The molecule has 2 fully saturated rings. The van der Waals surface area contributed by atoms with E-state index in [1.807, 2.05) is 51.1 Å².